The summed E-state index contributed by atoms with van der Waals surface area (Å²) in [7, 11) is 0. The van der Waals surface area contributed by atoms with Crippen molar-refractivity contribution in [3.05, 3.63) is 119 Å². The van der Waals surface area contributed by atoms with Crippen molar-refractivity contribution >= 4 is 35.2 Å². The molecule has 9 nitrogen and oxygen atoms in total. The first-order chi connectivity index (χ1) is 22.7. The number of anilines is 1. The second-order valence-electron chi connectivity index (χ2n) is 11.4. The van der Waals surface area contributed by atoms with Gasteiger partial charge in [0, 0.05) is 48.2 Å². The Bertz CT molecular complexity index is 1680. The highest BCUT2D eigenvalue weighted by Gasteiger charge is 2.32. The summed E-state index contributed by atoms with van der Waals surface area (Å²) in [6.07, 6.45) is -0.554. The molecule has 1 aliphatic heterocycles. The number of benzene rings is 4. The Balaban J connectivity index is 1.31. The quantitative estimate of drug-likeness (QED) is 0.118. The van der Waals surface area contributed by atoms with Gasteiger partial charge >= 0.3 is 5.97 Å². The van der Waals surface area contributed by atoms with Gasteiger partial charge in [0.25, 0.3) is 0 Å². The van der Waals surface area contributed by atoms with Crippen LogP contribution in [0.2, 0.25) is 0 Å². The first-order valence-corrected chi connectivity index (χ1v) is 16.4. The molecule has 1 aliphatic rings. The maximum absolute atomic E-state index is 12.0. The van der Waals surface area contributed by atoms with Crippen LogP contribution in [0.4, 0.5) is 5.69 Å². The van der Waals surface area contributed by atoms with Crippen molar-refractivity contribution in [2.45, 2.75) is 62.7 Å². The van der Waals surface area contributed by atoms with Crippen LogP contribution in [0.25, 0.3) is 11.1 Å². The van der Waals surface area contributed by atoms with Gasteiger partial charge in [-0.05, 0) is 64.2 Å². The minimum atomic E-state index is -1.00. The van der Waals surface area contributed by atoms with Gasteiger partial charge in [0.05, 0.1) is 25.2 Å². The Morgan fingerprint density at radius 2 is 1.55 bits per heavy atom. The molecule has 4 aromatic carbocycles. The van der Waals surface area contributed by atoms with E-state index in [2.05, 4.69) is 16.7 Å². The van der Waals surface area contributed by atoms with Crippen LogP contribution in [-0.4, -0.2) is 39.9 Å². The molecule has 4 N–H and O–H groups in total. The van der Waals surface area contributed by atoms with Gasteiger partial charge in [-0.3, -0.25) is 14.4 Å². The summed E-state index contributed by atoms with van der Waals surface area (Å²) in [6.45, 7) is 1.76. The third-order valence-corrected chi connectivity index (χ3v) is 8.84. The fourth-order valence-electron chi connectivity index (χ4n) is 5.28. The van der Waals surface area contributed by atoms with E-state index in [1.54, 1.807) is 11.8 Å². The van der Waals surface area contributed by atoms with Crippen LogP contribution < -0.4 is 10.6 Å². The Hall–Kier alpha value is -4.48. The monoisotopic (exact) mass is 654 g/mol. The van der Waals surface area contributed by atoms with Gasteiger partial charge in [0.2, 0.25) is 11.8 Å². The summed E-state index contributed by atoms with van der Waals surface area (Å²) < 4.78 is 13.1. The number of nitrogens with one attached hydrogen (secondary N) is 2. The van der Waals surface area contributed by atoms with E-state index in [1.807, 2.05) is 91.0 Å². The van der Waals surface area contributed by atoms with Crippen molar-refractivity contribution in [1.29, 1.82) is 0 Å². The van der Waals surface area contributed by atoms with Gasteiger partial charge in [-0.2, -0.15) is 0 Å². The SMILES string of the molecule is CC(=O)Nc1ccc(SC[C@H]2C[C@@H](c3ccc(CO)cc3)O[C@@H](c3cccc(-c4cccc(CNC(=O)CCC(=O)O)c4)c3)O2)cc1. The first kappa shape index (κ1) is 33.9. The van der Waals surface area contributed by atoms with E-state index in [-0.39, 0.29) is 43.5 Å². The Kier molecular flexibility index (Phi) is 11.8. The van der Waals surface area contributed by atoms with Crippen LogP contribution in [0.3, 0.4) is 0 Å². The summed E-state index contributed by atoms with van der Waals surface area (Å²) in [4.78, 5) is 35.2. The maximum Gasteiger partial charge on any atom is 0.303 e. The summed E-state index contributed by atoms with van der Waals surface area (Å²) in [5.74, 6) is -0.717. The van der Waals surface area contributed by atoms with E-state index in [1.165, 1.54) is 6.92 Å². The molecule has 0 bridgehead atoms. The van der Waals surface area contributed by atoms with E-state index in [9.17, 15) is 19.5 Å². The number of rotatable bonds is 13. The van der Waals surface area contributed by atoms with Gasteiger partial charge in [0.15, 0.2) is 6.29 Å². The molecule has 0 aromatic heterocycles. The van der Waals surface area contributed by atoms with Crippen LogP contribution in [0, 0.1) is 0 Å². The Morgan fingerprint density at radius 1 is 0.830 bits per heavy atom. The molecule has 0 saturated carbocycles. The fraction of sp³-hybridized carbons (Fsp3) is 0.270. The highest BCUT2D eigenvalue weighted by atomic mass is 32.2. The molecule has 0 aliphatic carbocycles. The minimum Gasteiger partial charge on any atom is -0.481 e. The van der Waals surface area contributed by atoms with Crippen LogP contribution in [-0.2, 0) is 37.0 Å². The zero-order chi connectivity index (χ0) is 33.2. The Labute approximate surface area is 278 Å². The lowest BCUT2D eigenvalue weighted by atomic mass is 9.99. The van der Waals surface area contributed by atoms with E-state index in [0.717, 1.165) is 44.0 Å². The number of aliphatic hydroxyl groups is 1. The number of carbonyl (C=O) groups is 3. The maximum atomic E-state index is 12.0. The lowest BCUT2D eigenvalue weighted by Crippen LogP contribution is -2.31. The lowest BCUT2D eigenvalue weighted by Gasteiger charge is -2.36. The smallest absolute Gasteiger partial charge is 0.303 e. The second kappa shape index (κ2) is 16.4. The van der Waals surface area contributed by atoms with Gasteiger partial charge in [-0.15, -0.1) is 11.8 Å². The molecule has 1 fully saturated rings. The third-order valence-electron chi connectivity index (χ3n) is 7.70. The number of aliphatic carboxylic acids is 1. The number of carboxylic acid groups (broad SMARTS) is 1. The molecule has 1 heterocycles. The predicted octanol–water partition coefficient (Wildman–Crippen LogP) is 6.62. The van der Waals surface area contributed by atoms with Crippen molar-refractivity contribution in [2.24, 2.45) is 0 Å². The summed E-state index contributed by atoms with van der Waals surface area (Å²) >= 11 is 1.68. The van der Waals surface area contributed by atoms with E-state index < -0.39 is 12.3 Å². The van der Waals surface area contributed by atoms with Gasteiger partial charge in [0.1, 0.15) is 0 Å². The molecule has 2 amide bonds. The number of carboxylic acids is 1. The molecule has 3 atom stereocenters. The number of carbonyl (C=O) groups excluding carboxylic acids is 2. The highest BCUT2D eigenvalue weighted by molar-refractivity contribution is 7.99. The molecule has 5 rings (SSSR count). The molecule has 0 radical (unpaired) electrons. The fourth-order valence-corrected chi connectivity index (χ4v) is 6.21. The Morgan fingerprint density at radius 3 is 2.26 bits per heavy atom. The van der Waals surface area contributed by atoms with Crippen molar-refractivity contribution in [1.82, 2.24) is 5.32 Å². The van der Waals surface area contributed by atoms with E-state index in [4.69, 9.17) is 14.6 Å². The minimum absolute atomic E-state index is 0.0252. The zero-order valence-electron chi connectivity index (χ0n) is 26.1. The van der Waals surface area contributed by atoms with Crippen LogP contribution in [0.5, 0.6) is 0 Å². The molecule has 244 valence electrons. The van der Waals surface area contributed by atoms with Crippen molar-refractivity contribution in [3.63, 3.8) is 0 Å². The molecule has 0 unspecified atom stereocenters. The zero-order valence-corrected chi connectivity index (χ0v) is 26.9. The average Bonchev–Trinajstić information content (AvgIpc) is 3.09. The molecule has 0 spiro atoms. The average molecular weight is 655 g/mol. The second-order valence-corrected chi connectivity index (χ2v) is 12.5. The van der Waals surface area contributed by atoms with Crippen molar-refractivity contribution in [3.8, 4) is 11.1 Å². The summed E-state index contributed by atoms with van der Waals surface area (Å²) in [5.41, 5.74) is 6.30. The standard InChI is InChI=1S/C37H38N2O7S/c1-24(41)39-31-12-14-33(15-13-31)47-23-32-20-34(27-10-8-25(22-40)9-11-27)46-37(45-32)30-7-3-6-29(19-30)28-5-2-4-26(18-28)21-38-35(42)16-17-36(43)44/h2-15,18-19,32,34,37,40H,16-17,20-23H2,1H3,(H,38,42)(H,39,41)(H,43,44)/t32-,34+,37+/m1/s1. The summed E-state index contributed by atoms with van der Waals surface area (Å²) in [6, 6.07) is 31.4. The van der Waals surface area contributed by atoms with Gasteiger partial charge in [-0.25, -0.2) is 0 Å². The highest BCUT2D eigenvalue weighted by Crippen LogP contribution is 2.40. The normalized spacial score (nSPS) is 17.5. The molecular formula is C37H38N2O7S. The first-order valence-electron chi connectivity index (χ1n) is 15.4. The molecule has 47 heavy (non-hydrogen) atoms. The molecule has 1 saturated heterocycles. The van der Waals surface area contributed by atoms with Crippen molar-refractivity contribution < 1.29 is 34.1 Å². The van der Waals surface area contributed by atoms with Crippen molar-refractivity contribution in [2.75, 3.05) is 11.1 Å². The molecule has 4 aromatic rings. The number of thioether (sulfide) groups is 1. The number of amides is 2. The number of hydrogen-bond acceptors (Lipinski definition) is 7. The predicted molar refractivity (Wildman–Crippen MR) is 180 cm³/mol. The van der Waals surface area contributed by atoms with E-state index in [0.29, 0.717) is 18.7 Å². The van der Waals surface area contributed by atoms with Gasteiger partial charge < -0.3 is 30.3 Å². The van der Waals surface area contributed by atoms with Crippen LogP contribution >= 0.6 is 11.8 Å². The number of ether oxygens (including phenoxy) is 2. The van der Waals surface area contributed by atoms with Crippen LogP contribution in [0.1, 0.15) is 60.8 Å². The van der Waals surface area contributed by atoms with Crippen LogP contribution in [0.15, 0.2) is 102 Å². The topological polar surface area (TPSA) is 134 Å². The van der Waals surface area contributed by atoms with E-state index >= 15 is 0 Å². The summed E-state index contributed by atoms with van der Waals surface area (Å²) in [5, 5.41) is 23.9. The largest absolute Gasteiger partial charge is 0.481 e. The number of hydrogen-bond donors (Lipinski definition) is 4. The third kappa shape index (κ3) is 10.0. The lowest BCUT2D eigenvalue weighted by molar-refractivity contribution is -0.245. The number of aliphatic hydroxyl groups excluding tert-OH is 1. The van der Waals surface area contributed by atoms with Gasteiger partial charge in [-0.1, -0.05) is 60.7 Å². The molecular weight excluding hydrogens is 616 g/mol. The molecule has 10 heteroatoms.